The zero-order chi connectivity index (χ0) is 14.8. The summed E-state index contributed by atoms with van der Waals surface area (Å²) >= 11 is 8.55. The van der Waals surface area contributed by atoms with E-state index in [0.29, 0.717) is 0 Å². The fraction of sp³-hybridized carbons (Fsp3) is 0.333. The highest BCUT2D eigenvalue weighted by molar-refractivity contribution is 14.1. The van der Waals surface area contributed by atoms with Gasteiger partial charge < -0.3 is 5.32 Å². The van der Waals surface area contributed by atoms with Crippen LogP contribution in [0.1, 0.15) is 41.1 Å². The van der Waals surface area contributed by atoms with Crippen molar-refractivity contribution in [1.29, 1.82) is 0 Å². The highest BCUT2D eigenvalue weighted by Crippen LogP contribution is 2.30. The average molecular weight is 412 g/mol. The molecular weight excluding hydrogens is 393 g/mol. The Bertz CT molecular complexity index is 654. The van der Waals surface area contributed by atoms with E-state index >= 15 is 0 Å². The van der Waals surface area contributed by atoms with Crippen molar-refractivity contribution in [3.63, 3.8) is 0 Å². The summed E-state index contributed by atoms with van der Waals surface area (Å²) in [6, 6.07) is 13.5. The number of nitrogens with one attached hydrogen (secondary N) is 1. The molecule has 0 heterocycles. The molecular formula is C18H19ClIN. The van der Waals surface area contributed by atoms with Crippen molar-refractivity contribution < 1.29 is 0 Å². The number of halogens is 2. The molecule has 0 amide bonds. The molecule has 110 valence electrons. The van der Waals surface area contributed by atoms with Gasteiger partial charge in [0, 0.05) is 3.57 Å². The van der Waals surface area contributed by atoms with E-state index in [9.17, 15) is 0 Å². The highest BCUT2D eigenvalue weighted by atomic mass is 127. The average Bonchev–Trinajstić information content (AvgIpc) is 2.51. The molecule has 0 radical (unpaired) electrons. The van der Waals surface area contributed by atoms with E-state index in [4.69, 9.17) is 11.6 Å². The first-order valence-electron chi connectivity index (χ1n) is 7.43. The van der Waals surface area contributed by atoms with Gasteiger partial charge in [0.2, 0.25) is 0 Å². The lowest BCUT2D eigenvalue weighted by Crippen LogP contribution is -2.18. The summed E-state index contributed by atoms with van der Waals surface area (Å²) in [5.74, 6) is 0. The van der Waals surface area contributed by atoms with Gasteiger partial charge in [-0.25, -0.2) is 0 Å². The first-order chi connectivity index (χ1) is 10.2. The van der Waals surface area contributed by atoms with Crippen molar-refractivity contribution in [2.75, 3.05) is 7.05 Å². The Labute approximate surface area is 145 Å². The van der Waals surface area contributed by atoms with Gasteiger partial charge in [-0.05, 0) is 89.7 Å². The van der Waals surface area contributed by atoms with Gasteiger partial charge in [-0.3, -0.25) is 0 Å². The molecule has 0 aliphatic heterocycles. The quantitative estimate of drug-likeness (QED) is 0.690. The lowest BCUT2D eigenvalue weighted by atomic mass is 9.88. The Morgan fingerprint density at radius 1 is 1.00 bits per heavy atom. The fourth-order valence-corrected chi connectivity index (χ4v) is 3.68. The number of hydrogen-bond acceptors (Lipinski definition) is 1. The summed E-state index contributed by atoms with van der Waals surface area (Å²) in [6.07, 6.45) is 5.09. The van der Waals surface area contributed by atoms with Crippen LogP contribution in [0.3, 0.4) is 0 Å². The topological polar surface area (TPSA) is 12.0 Å². The van der Waals surface area contributed by atoms with Crippen LogP contribution in [0.15, 0.2) is 36.4 Å². The summed E-state index contributed by atoms with van der Waals surface area (Å²) in [5, 5.41) is 4.25. The van der Waals surface area contributed by atoms with E-state index in [-0.39, 0.29) is 6.04 Å². The molecule has 1 aliphatic rings. The number of fused-ring (bicyclic) bond motifs is 1. The maximum Gasteiger partial charge on any atom is 0.0574 e. The first-order valence-corrected chi connectivity index (χ1v) is 8.88. The smallest absolute Gasteiger partial charge is 0.0574 e. The second kappa shape index (κ2) is 6.67. The normalized spacial score (nSPS) is 15.6. The summed E-state index contributed by atoms with van der Waals surface area (Å²) in [6.45, 7) is 0. The maximum atomic E-state index is 6.28. The first kappa shape index (κ1) is 15.3. The van der Waals surface area contributed by atoms with Gasteiger partial charge in [0.15, 0.2) is 0 Å². The van der Waals surface area contributed by atoms with Crippen LogP contribution in [0, 0.1) is 3.57 Å². The van der Waals surface area contributed by atoms with Crippen LogP contribution >= 0.6 is 34.2 Å². The van der Waals surface area contributed by atoms with E-state index in [1.807, 2.05) is 7.05 Å². The second-order valence-corrected chi connectivity index (χ2v) is 7.20. The predicted octanol–water partition coefficient (Wildman–Crippen LogP) is 5.13. The van der Waals surface area contributed by atoms with E-state index in [2.05, 4.69) is 64.3 Å². The van der Waals surface area contributed by atoms with Gasteiger partial charge in [-0.1, -0.05) is 35.9 Å². The second-order valence-electron chi connectivity index (χ2n) is 5.63. The van der Waals surface area contributed by atoms with Gasteiger partial charge in [-0.15, -0.1) is 0 Å². The number of hydrogen-bond donors (Lipinski definition) is 1. The van der Waals surface area contributed by atoms with Crippen LogP contribution in [-0.2, 0) is 12.8 Å². The highest BCUT2D eigenvalue weighted by Gasteiger charge is 2.16. The van der Waals surface area contributed by atoms with Crippen LogP contribution in [0.2, 0.25) is 5.02 Å². The van der Waals surface area contributed by atoms with Crippen molar-refractivity contribution >= 4 is 34.2 Å². The molecule has 0 aromatic heterocycles. The van der Waals surface area contributed by atoms with Crippen LogP contribution in [0.4, 0.5) is 0 Å². The fourth-order valence-electron chi connectivity index (χ4n) is 3.15. The third-order valence-electron chi connectivity index (χ3n) is 4.27. The SMILES string of the molecule is CNC(c1ccc(I)c(Cl)c1)c1ccc2c(c1)CCCC2. The van der Waals surface area contributed by atoms with Crippen molar-refractivity contribution in [1.82, 2.24) is 5.32 Å². The Morgan fingerprint density at radius 3 is 2.38 bits per heavy atom. The van der Waals surface area contributed by atoms with Crippen LogP contribution in [0.25, 0.3) is 0 Å². The molecule has 1 aliphatic carbocycles. The minimum absolute atomic E-state index is 0.201. The molecule has 21 heavy (non-hydrogen) atoms. The Kier molecular flexibility index (Phi) is 4.87. The number of aryl methyl sites for hydroxylation is 2. The predicted molar refractivity (Wildman–Crippen MR) is 98.2 cm³/mol. The molecule has 0 saturated carbocycles. The molecule has 2 aromatic rings. The molecule has 0 bridgehead atoms. The van der Waals surface area contributed by atoms with E-state index in [0.717, 1.165) is 8.59 Å². The lowest BCUT2D eigenvalue weighted by Gasteiger charge is -2.22. The number of benzene rings is 2. The van der Waals surface area contributed by atoms with Crippen LogP contribution < -0.4 is 5.32 Å². The van der Waals surface area contributed by atoms with Crippen molar-refractivity contribution in [2.24, 2.45) is 0 Å². The molecule has 3 heteroatoms. The monoisotopic (exact) mass is 411 g/mol. The molecule has 2 aromatic carbocycles. The van der Waals surface area contributed by atoms with Crippen molar-refractivity contribution in [2.45, 2.75) is 31.7 Å². The van der Waals surface area contributed by atoms with Crippen LogP contribution in [-0.4, -0.2) is 7.05 Å². The number of rotatable bonds is 3. The zero-order valence-corrected chi connectivity index (χ0v) is 15.0. The van der Waals surface area contributed by atoms with Crippen molar-refractivity contribution in [3.8, 4) is 0 Å². The summed E-state index contributed by atoms with van der Waals surface area (Å²) in [4.78, 5) is 0. The zero-order valence-electron chi connectivity index (χ0n) is 12.1. The minimum atomic E-state index is 0.201. The third kappa shape index (κ3) is 3.27. The molecule has 0 fully saturated rings. The molecule has 3 rings (SSSR count). The molecule has 0 saturated heterocycles. The molecule has 1 unspecified atom stereocenters. The van der Waals surface area contributed by atoms with Gasteiger partial charge in [0.05, 0.1) is 11.1 Å². The maximum absolute atomic E-state index is 6.28. The van der Waals surface area contributed by atoms with E-state index in [1.165, 1.54) is 47.9 Å². The minimum Gasteiger partial charge on any atom is -0.309 e. The van der Waals surface area contributed by atoms with Crippen molar-refractivity contribution in [3.05, 3.63) is 67.2 Å². The van der Waals surface area contributed by atoms with E-state index < -0.39 is 0 Å². The summed E-state index contributed by atoms with van der Waals surface area (Å²) in [5.41, 5.74) is 5.60. The molecule has 1 N–H and O–H groups in total. The molecule has 0 spiro atoms. The Morgan fingerprint density at radius 2 is 1.67 bits per heavy atom. The largest absolute Gasteiger partial charge is 0.309 e. The van der Waals surface area contributed by atoms with Gasteiger partial charge in [0.1, 0.15) is 0 Å². The standard InChI is InChI=1S/C18H19ClIN/c1-21-18(15-8-9-17(20)16(19)11-15)14-7-6-12-4-2-3-5-13(12)10-14/h6-11,18,21H,2-5H2,1H3. The van der Waals surface area contributed by atoms with E-state index in [1.54, 1.807) is 0 Å². The van der Waals surface area contributed by atoms with Crippen LogP contribution in [0.5, 0.6) is 0 Å². The third-order valence-corrected chi connectivity index (χ3v) is 5.84. The van der Waals surface area contributed by atoms with Gasteiger partial charge in [-0.2, -0.15) is 0 Å². The lowest BCUT2D eigenvalue weighted by molar-refractivity contribution is 0.668. The van der Waals surface area contributed by atoms with Gasteiger partial charge >= 0.3 is 0 Å². The Hall–Kier alpha value is -0.580. The molecule has 1 atom stereocenters. The van der Waals surface area contributed by atoms with Gasteiger partial charge in [0.25, 0.3) is 0 Å². The summed E-state index contributed by atoms with van der Waals surface area (Å²) < 4.78 is 1.10. The summed E-state index contributed by atoms with van der Waals surface area (Å²) in [7, 11) is 2.01. The molecule has 1 nitrogen and oxygen atoms in total. The Balaban J connectivity index is 1.97.